The standard InChI is InChI=1S/C49H30N6O/c1-2-8-47-39(5-1)40-25-28-52-48(49(40)56-47)35-10-9-34-30-38(20-15-33(34)29-35)55(36-16-11-31(12-17-36)41-21-23-43-45(53-41)6-3-26-50-43)37-18-13-32(14-19-37)42-22-24-44-46(54-42)7-4-27-51-44/h1-30H. The third-order valence-electron chi connectivity index (χ3n) is 10.4. The molecule has 0 saturated heterocycles. The summed E-state index contributed by atoms with van der Waals surface area (Å²) in [4.78, 5) is 25.7. The first-order chi connectivity index (χ1) is 27.7. The number of hydrogen-bond acceptors (Lipinski definition) is 7. The summed E-state index contributed by atoms with van der Waals surface area (Å²) in [6.45, 7) is 0. The van der Waals surface area contributed by atoms with E-state index in [1.165, 1.54) is 0 Å². The monoisotopic (exact) mass is 718 g/mol. The number of benzene rings is 5. The van der Waals surface area contributed by atoms with Gasteiger partial charge in [0.25, 0.3) is 0 Å². The minimum absolute atomic E-state index is 0.800. The topological polar surface area (TPSA) is 80.8 Å². The Labute approximate surface area is 321 Å². The fourth-order valence-corrected chi connectivity index (χ4v) is 7.62. The van der Waals surface area contributed by atoms with Gasteiger partial charge in [0, 0.05) is 63.1 Å². The second-order valence-electron chi connectivity index (χ2n) is 13.8. The quantitative estimate of drug-likeness (QED) is 0.169. The predicted octanol–water partition coefficient (Wildman–Crippen LogP) is 12.5. The van der Waals surface area contributed by atoms with Crippen molar-refractivity contribution in [2.75, 3.05) is 4.90 Å². The van der Waals surface area contributed by atoms with Crippen molar-refractivity contribution in [3.8, 4) is 33.8 Å². The van der Waals surface area contributed by atoms with E-state index in [0.717, 1.165) is 106 Å². The number of para-hydroxylation sites is 1. The normalized spacial score (nSPS) is 11.6. The van der Waals surface area contributed by atoms with Crippen LogP contribution in [0.15, 0.2) is 187 Å². The van der Waals surface area contributed by atoms with E-state index >= 15 is 0 Å². The molecule has 0 atom stereocenters. The van der Waals surface area contributed by atoms with E-state index < -0.39 is 0 Å². The van der Waals surface area contributed by atoms with Gasteiger partial charge in [0.05, 0.1) is 33.5 Å². The van der Waals surface area contributed by atoms with E-state index in [4.69, 9.17) is 19.4 Å². The van der Waals surface area contributed by atoms with Crippen LogP contribution in [0.4, 0.5) is 17.1 Å². The molecule has 56 heavy (non-hydrogen) atoms. The Kier molecular flexibility index (Phi) is 7.35. The summed E-state index contributed by atoms with van der Waals surface area (Å²) < 4.78 is 6.33. The molecule has 262 valence electrons. The van der Waals surface area contributed by atoms with Gasteiger partial charge in [0.1, 0.15) is 11.3 Å². The summed E-state index contributed by atoms with van der Waals surface area (Å²) in [5, 5.41) is 4.38. The molecule has 11 aromatic rings. The molecule has 6 aromatic heterocycles. The molecule has 0 aliphatic rings. The lowest BCUT2D eigenvalue weighted by atomic mass is 10.0. The first-order valence-electron chi connectivity index (χ1n) is 18.5. The van der Waals surface area contributed by atoms with Gasteiger partial charge in [0.2, 0.25) is 0 Å². The lowest BCUT2D eigenvalue weighted by Gasteiger charge is -2.26. The van der Waals surface area contributed by atoms with E-state index in [9.17, 15) is 0 Å². The fraction of sp³-hybridized carbons (Fsp3) is 0. The van der Waals surface area contributed by atoms with E-state index in [1.54, 1.807) is 12.4 Å². The Morgan fingerprint density at radius 1 is 0.393 bits per heavy atom. The lowest BCUT2D eigenvalue weighted by Crippen LogP contribution is -2.10. The minimum Gasteiger partial charge on any atom is -0.454 e. The Morgan fingerprint density at radius 3 is 1.66 bits per heavy atom. The highest BCUT2D eigenvalue weighted by molar-refractivity contribution is 6.09. The average molecular weight is 719 g/mol. The fourth-order valence-electron chi connectivity index (χ4n) is 7.62. The molecule has 0 N–H and O–H groups in total. The number of rotatable bonds is 6. The summed E-state index contributed by atoms with van der Waals surface area (Å²) in [6, 6.07) is 56.3. The highest BCUT2D eigenvalue weighted by Gasteiger charge is 2.17. The maximum atomic E-state index is 6.33. The van der Waals surface area contributed by atoms with Gasteiger partial charge in [-0.05, 0) is 114 Å². The van der Waals surface area contributed by atoms with Crippen molar-refractivity contribution < 1.29 is 4.42 Å². The third kappa shape index (κ3) is 5.49. The van der Waals surface area contributed by atoms with Gasteiger partial charge in [0.15, 0.2) is 5.58 Å². The predicted molar refractivity (Wildman–Crippen MR) is 226 cm³/mol. The maximum absolute atomic E-state index is 6.33. The Balaban J connectivity index is 0.987. The molecule has 0 radical (unpaired) electrons. The van der Waals surface area contributed by atoms with Gasteiger partial charge in [-0.1, -0.05) is 60.7 Å². The molecule has 11 rings (SSSR count). The Bertz CT molecular complexity index is 3140. The van der Waals surface area contributed by atoms with Crippen LogP contribution in [-0.2, 0) is 0 Å². The third-order valence-corrected chi connectivity index (χ3v) is 10.4. The second kappa shape index (κ2) is 13.0. The maximum Gasteiger partial charge on any atom is 0.161 e. The van der Waals surface area contributed by atoms with Crippen LogP contribution in [0.1, 0.15) is 0 Å². The minimum atomic E-state index is 0.800. The summed E-state index contributed by atoms with van der Waals surface area (Å²) >= 11 is 0. The van der Waals surface area contributed by atoms with Gasteiger partial charge in [-0.3, -0.25) is 15.0 Å². The van der Waals surface area contributed by atoms with Crippen LogP contribution in [-0.4, -0.2) is 24.9 Å². The van der Waals surface area contributed by atoms with Crippen LogP contribution in [0.3, 0.4) is 0 Å². The highest BCUT2D eigenvalue weighted by atomic mass is 16.3. The highest BCUT2D eigenvalue weighted by Crippen LogP contribution is 2.40. The van der Waals surface area contributed by atoms with Crippen molar-refractivity contribution in [2.24, 2.45) is 0 Å². The number of furan rings is 1. The van der Waals surface area contributed by atoms with Crippen LogP contribution >= 0.6 is 0 Å². The summed E-state index contributed by atoms with van der Waals surface area (Å²) in [5.41, 5.74) is 14.0. The summed E-state index contributed by atoms with van der Waals surface area (Å²) in [6.07, 6.45) is 5.45. The van der Waals surface area contributed by atoms with Crippen molar-refractivity contribution >= 4 is 71.8 Å². The lowest BCUT2D eigenvalue weighted by molar-refractivity contribution is 0.668. The molecule has 7 nitrogen and oxygen atoms in total. The second-order valence-corrected chi connectivity index (χ2v) is 13.8. The molecule has 6 heterocycles. The van der Waals surface area contributed by atoms with E-state index in [0.29, 0.717) is 0 Å². The van der Waals surface area contributed by atoms with Crippen LogP contribution in [0.5, 0.6) is 0 Å². The SMILES string of the molecule is c1cnc2ccc(-c3ccc(N(c4ccc(-c5ccc6ncccc6n5)cc4)c4ccc5cc(-c6nccc7c6oc6ccccc67)ccc5c4)cc3)nc2c1. The molecule has 0 bridgehead atoms. The largest absolute Gasteiger partial charge is 0.454 e. The molecule has 0 unspecified atom stereocenters. The van der Waals surface area contributed by atoms with Crippen molar-refractivity contribution in [2.45, 2.75) is 0 Å². The number of fused-ring (bicyclic) bond motifs is 6. The first kappa shape index (κ1) is 31.7. The Morgan fingerprint density at radius 2 is 0.982 bits per heavy atom. The van der Waals surface area contributed by atoms with E-state index in [2.05, 4.69) is 106 Å². The van der Waals surface area contributed by atoms with E-state index in [-0.39, 0.29) is 0 Å². The van der Waals surface area contributed by atoms with Crippen molar-refractivity contribution in [3.05, 3.63) is 182 Å². The number of aromatic nitrogens is 5. The molecule has 0 saturated carbocycles. The number of nitrogens with zero attached hydrogens (tertiary/aromatic N) is 6. The van der Waals surface area contributed by atoms with Gasteiger partial charge in [-0.2, -0.15) is 0 Å². The first-order valence-corrected chi connectivity index (χ1v) is 18.5. The zero-order valence-electron chi connectivity index (χ0n) is 29.9. The summed E-state index contributed by atoms with van der Waals surface area (Å²) in [7, 11) is 0. The van der Waals surface area contributed by atoms with Crippen molar-refractivity contribution in [1.29, 1.82) is 0 Å². The summed E-state index contributed by atoms with van der Waals surface area (Å²) in [5.74, 6) is 0. The zero-order valence-corrected chi connectivity index (χ0v) is 29.9. The molecular weight excluding hydrogens is 689 g/mol. The number of pyridine rings is 5. The molecule has 0 spiro atoms. The van der Waals surface area contributed by atoms with Crippen LogP contribution in [0.25, 0.3) is 88.5 Å². The molecule has 5 aromatic carbocycles. The molecular formula is C49H30N6O. The van der Waals surface area contributed by atoms with Gasteiger partial charge < -0.3 is 9.32 Å². The van der Waals surface area contributed by atoms with Gasteiger partial charge in [-0.25, -0.2) is 9.97 Å². The van der Waals surface area contributed by atoms with Crippen LogP contribution < -0.4 is 4.90 Å². The molecule has 0 amide bonds. The van der Waals surface area contributed by atoms with Crippen LogP contribution in [0, 0.1) is 0 Å². The van der Waals surface area contributed by atoms with Gasteiger partial charge >= 0.3 is 0 Å². The zero-order chi connectivity index (χ0) is 37.0. The molecule has 0 fully saturated rings. The van der Waals surface area contributed by atoms with Crippen molar-refractivity contribution in [3.63, 3.8) is 0 Å². The average Bonchev–Trinajstić information content (AvgIpc) is 3.66. The smallest absolute Gasteiger partial charge is 0.161 e. The van der Waals surface area contributed by atoms with E-state index in [1.807, 2.05) is 79.0 Å². The van der Waals surface area contributed by atoms with Gasteiger partial charge in [-0.15, -0.1) is 0 Å². The Hall–Kier alpha value is -7.77. The van der Waals surface area contributed by atoms with Crippen LogP contribution in [0.2, 0.25) is 0 Å². The molecule has 7 heteroatoms. The number of hydrogen-bond donors (Lipinski definition) is 0. The number of anilines is 3. The molecule has 0 aliphatic heterocycles. The molecule has 0 aliphatic carbocycles. The van der Waals surface area contributed by atoms with Crippen molar-refractivity contribution in [1.82, 2.24) is 24.9 Å².